The highest BCUT2D eigenvalue weighted by Gasteiger charge is 2.22. The Morgan fingerprint density at radius 2 is 2.21 bits per heavy atom. The Labute approximate surface area is 172 Å². The molecule has 0 radical (unpaired) electrons. The van der Waals surface area contributed by atoms with Crippen molar-refractivity contribution >= 4 is 18.3 Å². The maximum atomic E-state index is 12.9. The topological polar surface area (TPSA) is 75.9 Å². The smallest absolute Gasteiger partial charge is 0.223 e. The standard InChI is InChI=1S/C20H28N6O.ClH/c1-3-13-25(20(27)8-7-17-9-11-21-12-10-17)16(2)18-5-4-6-19(14-18)26-15-22-23-24-26;/h3-6,14-17,21H,1,7-13H2,2H3;1H. The van der Waals surface area contributed by atoms with Gasteiger partial charge >= 0.3 is 0 Å². The number of aromatic nitrogens is 4. The van der Waals surface area contributed by atoms with E-state index in [2.05, 4.69) is 34.3 Å². The number of benzene rings is 1. The van der Waals surface area contributed by atoms with E-state index in [1.807, 2.05) is 29.2 Å². The van der Waals surface area contributed by atoms with Gasteiger partial charge in [-0.15, -0.1) is 24.1 Å². The van der Waals surface area contributed by atoms with E-state index in [-0.39, 0.29) is 24.4 Å². The van der Waals surface area contributed by atoms with Crippen molar-refractivity contribution in [2.75, 3.05) is 19.6 Å². The van der Waals surface area contributed by atoms with Crippen molar-refractivity contribution in [2.24, 2.45) is 5.92 Å². The molecular weight excluding hydrogens is 376 g/mol. The maximum absolute atomic E-state index is 12.9. The van der Waals surface area contributed by atoms with E-state index in [4.69, 9.17) is 0 Å². The molecule has 1 N–H and O–H groups in total. The van der Waals surface area contributed by atoms with Crippen LogP contribution in [0.15, 0.2) is 43.2 Å². The Kier molecular flexibility index (Phi) is 8.60. The summed E-state index contributed by atoms with van der Waals surface area (Å²) in [5, 5.41) is 14.7. The molecule has 1 atom stereocenters. The molecule has 0 spiro atoms. The summed E-state index contributed by atoms with van der Waals surface area (Å²) in [6.45, 7) is 8.57. The molecule has 1 fully saturated rings. The first-order chi connectivity index (χ1) is 13.2. The molecule has 2 aromatic rings. The molecule has 1 unspecified atom stereocenters. The van der Waals surface area contributed by atoms with Crippen LogP contribution in [0.2, 0.25) is 0 Å². The van der Waals surface area contributed by atoms with Gasteiger partial charge in [0.05, 0.1) is 11.7 Å². The summed E-state index contributed by atoms with van der Waals surface area (Å²) in [4.78, 5) is 14.8. The molecule has 8 heteroatoms. The summed E-state index contributed by atoms with van der Waals surface area (Å²) < 4.78 is 1.62. The molecule has 1 amide bonds. The number of carbonyl (C=O) groups excluding carboxylic acids is 1. The van der Waals surface area contributed by atoms with Crippen LogP contribution in [0, 0.1) is 5.92 Å². The van der Waals surface area contributed by atoms with E-state index in [0.29, 0.717) is 18.9 Å². The van der Waals surface area contributed by atoms with Crippen molar-refractivity contribution in [1.29, 1.82) is 0 Å². The quantitative estimate of drug-likeness (QED) is 0.684. The second-order valence-electron chi connectivity index (χ2n) is 7.09. The highest BCUT2D eigenvalue weighted by Crippen LogP contribution is 2.25. The average Bonchev–Trinajstić information content (AvgIpc) is 3.25. The van der Waals surface area contributed by atoms with Gasteiger partial charge in [-0.1, -0.05) is 18.2 Å². The van der Waals surface area contributed by atoms with Gasteiger partial charge in [-0.25, -0.2) is 4.68 Å². The number of rotatable bonds is 8. The van der Waals surface area contributed by atoms with E-state index in [9.17, 15) is 4.79 Å². The third kappa shape index (κ3) is 5.62. The predicted octanol–water partition coefficient (Wildman–Crippen LogP) is 2.94. The molecule has 152 valence electrons. The lowest BCUT2D eigenvalue weighted by Gasteiger charge is -2.30. The molecule has 1 aromatic carbocycles. The van der Waals surface area contributed by atoms with Gasteiger partial charge < -0.3 is 10.2 Å². The number of halogens is 1. The Hall–Kier alpha value is -2.25. The normalized spacial score (nSPS) is 15.5. The van der Waals surface area contributed by atoms with Gasteiger partial charge in [0.15, 0.2) is 0 Å². The van der Waals surface area contributed by atoms with Crippen LogP contribution in [0.1, 0.15) is 44.2 Å². The van der Waals surface area contributed by atoms with E-state index >= 15 is 0 Å². The summed E-state index contributed by atoms with van der Waals surface area (Å²) in [5.41, 5.74) is 1.94. The number of piperidine rings is 1. The van der Waals surface area contributed by atoms with Crippen LogP contribution in [0.5, 0.6) is 0 Å². The van der Waals surface area contributed by atoms with E-state index in [1.165, 1.54) is 0 Å². The molecular formula is C20H29ClN6O. The lowest BCUT2D eigenvalue weighted by atomic mass is 9.93. The first-order valence-corrected chi connectivity index (χ1v) is 9.63. The number of hydrogen-bond donors (Lipinski definition) is 1. The van der Waals surface area contributed by atoms with Crippen LogP contribution in [0.4, 0.5) is 0 Å². The van der Waals surface area contributed by atoms with Crippen molar-refractivity contribution in [3.05, 3.63) is 48.8 Å². The number of nitrogens with zero attached hydrogens (tertiary/aromatic N) is 5. The fourth-order valence-corrected chi connectivity index (χ4v) is 3.64. The summed E-state index contributed by atoms with van der Waals surface area (Å²) in [6, 6.07) is 7.93. The molecule has 28 heavy (non-hydrogen) atoms. The zero-order valence-corrected chi connectivity index (χ0v) is 17.1. The molecule has 2 heterocycles. The third-order valence-electron chi connectivity index (χ3n) is 5.30. The number of hydrogen-bond acceptors (Lipinski definition) is 5. The number of nitrogens with one attached hydrogen (secondary N) is 1. The number of tetrazole rings is 1. The monoisotopic (exact) mass is 404 g/mol. The number of carbonyl (C=O) groups is 1. The molecule has 1 aliphatic heterocycles. The van der Waals surface area contributed by atoms with Gasteiger partial charge in [0, 0.05) is 13.0 Å². The van der Waals surface area contributed by atoms with Gasteiger partial charge in [-0.05, 0) is 73.3 Å². The minimum atomic E-state index is -0.0417. The summed E-state index contributed by atoms with van der Waals surface area (Å²) in [5.74, 6) is 0.841. The second-order valence-corrected chi connectivity index (χ2v) is 7.09. The zero-order chi connectivity index (χ0) is 19.1. The Balaban J connectivity index is 0.00000280. The van der Waals surface area contributed by atoms with Crippen LogP contribution in [0.3, 0.4) is 0 Å². The van der Waals surface area contributed by atoms with Gasteiger partial charge in [0.2, 0.25) is 5.91 Å². The van der Waals surface area contributed by atoms with Gasteiger partial charge in [0.25, 0.3) is 0 Å². The molecule has 3 rings (SSSR count). The third-order valence-corrected chi connectivity index (χ3v) is 5.30. The summed E-state index contributed by atoms with van der Waals surface area (Å²) in [6.07, 6.45) is 7.25. The molecule has 0 aliphatic carbocycles. The molecule has 1 aliphatic rings. The van der Waals surface area contributed by atoms with Crippen LogP contribution in [-0.4, -0.2) is 50.6 Å². The highest BCUT2D eigenvalue weighted by molar-refractivity contribution is 5.85. The first-order valence-electron chi connectivity index (χ1n) is 9.63. The lowest BCUT2D eigenvalue weighted by molar-refractivity contribution is -0.133. The minimum Gasteiger partial charge on any atom is -0.332 e. The largest absolute Gasteiger partial charge is 0.332 e. The minimum absolute atomic E-state index is 0. The van der Waals surface area contributed by atoms with Crippen LogP contribution in [-0.2, 0) is 4.79 Å². The highest BCUT2D eigenvalue weighted by atomic mass is 35.5. The lowest BCUT2D eigenvalue weighted by Crippen LogP contribution is -2.34. The summed E-state index contributed by atoms with van der Waals surface area (Å²) >= 11 is 0. The van der Waals surface area contributed by atoms with Crippen molar-refractivity contribution in [2.45, 2.75) is 38.6 Å². The fourth-order valence-electron chi connectivity index (χ4n) is 3.64. The predicted molar refractivity (Wildman–Crippen MR) is 112 cm³/mol. The maximum Gasteiger partial charge on any atom is 0.223 e. The van der Waals surface area contributed by atoms with Crippen LogP contribution < -0.4 is 5.32 Å². The second kappa shape index (κ2) is 10.9. The molecule has 0 bridgehead atoms. The van der Waals surface area contributed by atoms with Crippen LogP contribution >= 0.6 is 12.4 Å². The first kappa shape index (κ1) is 22.0. The SMILES string of the molecule is C=CCN(C(=O)CCC1CCNCC1)C(C)c1cccc(-n2cnnn2)c1.Cl. The molecule has 1 saturated heterocycles. The molecule has 7 nitrogen and oxygen atoms in total. The average molecular weight is 405 g/mol. The van der Waals surface area contributed by atoms with Crippen molar-refractivity contribution in [3.8, 4) is 5.69 Å². The number of amides is 1. The van der Waals surface area contributed by atoms with E-state index in [1.54, 1.807) is 17.1 Å². The molecule has 0 saturated carbocycles. The Morgan fingerprint density at radius 1 is 1.43 bits per heavy atom. The Bertz CT molecular complexity index is 745. The van der Waals surface area contributed by atoms with Gasteiger partial charge in [-0.3, -0.25) is 4.79 Å². The zero-order valence-electron chi connectivity index (χ0n) is 16.3. The van der Waals surface area contributed by atoms with Crippen molar-refractivity contribution in [3.63, 3.8) is 0 Å². The summed E-state index contributed by atoms with van der Waals surface area (Å²) in [7, 11) is 0. The van der Waals surface area contributed by atoms with Gasteiger partial charge in [0.1, 0.15) is 6.33 Å². The van der Waals surface area contributed by atoms with Crippen molar-refractivity contribution in [1.82, 2.24) is 30.4 Å². The van der Waals surface area contributed by atoms with Gasteiger partial charge in [-0.2, -0.15) is 0 Å². The fraction of sp³-hybridized carbons (Fsp3) is 0.500. The van der Waals surface area contributed by atoms with Crippen molar-refractivity contribution < 1.29 is 4.79 Å². The van der Waals surface area contributed by atoms with Crippen LogP contribution in [0.25, 0.3) is 5.69 Å². The van der Waals surface area contributed by atoms with E-state index in [0.717, 1.165) is 43.6 Å². The van der Waals surface area contributed by atoms with E-state index < -0.39 is 0 Å². The Morgan fingerprint density at radius 3 is 2.89 bits per heavy atom. The molecule has 1 aromatic heterocycles.